The molecule has 0 saturated heterocycles. The highest BCUT2D eigenvalue weighted by atomic mass is 35.5. The van der Waals surface area contributed by atoms with E-state index in [1.165, 1.54) is 11.8 Å². The highest BCUT2D eigenvalue weighted by Gasteiger charge is 2.14. The van der Waals surface area contributed by atoms with E-state index in [9.17, 15) is 9.59 Å². The average Bonchev–Trinajstić information content (AvgIpc) is 2.59. The van der Waals surface area contributed by atoms with Crippen LogP contribution in [-0.4, -0.2) is 43.9 Å². The van der Waals surface area contributed by atoms with Gasteiger partial charge in [-0.25, -0.2) is 0 Å². The van der Waals surface area contributed by atoms with Crippen LogP contribution in [0.15, 0.2) is 48.5 Å². The van der Waals surface area contributed by atoms with Gasteiger partial charge in [-0.1, -0.05) is 23.7 Å². The van der Waals surface area contributed by atoms with E-state index in [-0.39, 0.29) is 18.4 Å². The zero-order valence-corrected chi connectivity index (χ0v) is 16.1. The minimum atomic E-state index is -0.219. The first-order valence-electron chi connectivity index (χ1n) is 8.42. The molecule has 0 aromatic heterocycles. The van der Waals surface area contributed by atoms with E-state index in [0.29, 0.717) is 23.7 Å². The number of hydrogen-bond donors (Lipinski definition) is 1. The van der Waals surface area contributed by atoms with Crippen LogP contribution < -0.4 is 10.2 Å². The molecule has 26 heavy (non-hydrogen) atoms. The van der Waals surface area contributed by atoms with Crippen LogP contribution in [0.4, 0.5) is 11.4 Å². The fraction of sp³-hybridized carbons (Fsp3) is 0.300. The molecule has 0 aliphatic carbocycles. The van der Waals surface area contributed by atoms with E-state index in [2.05, 4.69) is 5.32 Å². The molecule has 5 nitrogen and oxygen atoms in total. The predicted molar refractivity (Wildman–Crippen MR) is 107 cm³/mol. The van der Waals surface area contributed by atoms with E-state index < -0.39 is 0 Å². The van der Waals surface area contributed by atoms with Gasteiger partial charge in [0.25, 0.3) is 0 Å². The first-order valence-corrected chi connectivity index (χ1v) is 8.80. The molecule has 1 N–H and O–H groups in total. The summed E-state index contributed by atoms with van der Waals surface area (Å²) in [7, 11) is 3.91. The van der Waals surface area contributed by atoms with Crippen LogP contribution in [0.3, 0.4) is 0 Å². The lowest BCUT2D eigenvalue weighted by atomic mass is 10.1. The third-order valence-electron chi connectivity index (χ3n) is 4.01. The van der Waals surface area contributed by atoms with Gasteiger partial charge in [-0.3, -0.25) is 9.59 Å². The third kappa shape index (κ3) is 6.08. The number of nitrogens with one attached hydrogen (secondary N) is 1. The molecule has 0 atom stereocenters. The van der Waals surface area contributed by atoms with Gasteiger partial charge in [-0.2, -0.15) is 0 Å². The van der Waals surface area contributed by atoms with Gasteiger partial charge in [0.15, 0.2) is 0 Å². The van der Waals surface area contributed by atoms with Crippen molar-refractivity contribution in [1.29, 1.82) is 0 Å². The van der Waals surface area contributed by atoms with E-state index >= 15 is 0 Å². The summed E-state index contributed by atoms with van der Waals surface area (Å²) in [5.41, 5.74) is 2.79. The highest BCUT2D eigenvalue weighted by molar-refractivity contribution is 6.30. The van der Waals surface area contributed by atoms with Crippen molar-refractivity contribution in [2.24, 2.45) is 0 Å². The fourth-order valence-electron chi connectivity index (χ4n) is 2.52. The Hall–Kier alpha value is -2.53. The second kappa shape index (κ2) is 9.25. The molecule has 2 amide bonds. The van der Waals surface area contributed by atoms with Crippen LogP contribution in [0.1, 0.15) is 12.5 Å². The molecule has 0 saturated carbocycles. The summed E-state index contributed by atoms with van der Waals surface area (Å²) in [5, 5.41) is 3.49. The normalized spacial score (nSPS) is 10.3. The average molecular weight is 374 g/mol. The van der Waals surface area contributed by atoms with Crippen LogP contribution in [-0.2, 0) is 16.0 Å². The summed E-state index contributed by atoms with van der Waals surface area (Å²) in [6.45, 7) is 1.95. The van der Waals surface area contributed by atoms with Gasteiger partial charge in [-0.15, -0.1) is 0 Å². The smallest absolute Gasteiger partial charge is 0.243 e. The predicted octanol–water partition coefficient (Wildman–Crippen LogP) is 3.44. The van der Waals surface area contributed by atoms with Gasteiger partial charge in [0.05, 0.1) is 6.54 Å². The standard InChI is InChI=1S/C20H24ClN3O2/c1-15(25)24(12-11-16-5-4-6-17(21)13-16)14-20(26)22-18-7-9-19(10-8-18)23(2)3/h4-10,13H,11-12,14H2,1-3H3,(H,22,26). The van der Waals surface area contributed by atoms with Crippen LogP contribution >= 0.6 is 11.6 Å². The van der Waals surface area contributed by atoms with Gasteiger partial charge in [-0.05, 0) is 48.4 Å². The molecule has 0 aliphatic heterocycles. The van der Waals surface area contributed by atoms with Crippen LogP contribution in [0.5, 0.6) is 0 Å². The zero-order valence-electron chi connectivity index (χ0n) is 15.3. The zero-order chi connectivity index (χ0) is 19.1. The second-order valence-electron chi connectivity index (χ2n) is 6.31. The molecule has 0 radical (unpaired) electrons. The quantitative estimate of drug-likeness (QED) is 0.808. The number of anilines is 2. The van der Waals surface area contributed by atoms with Gasteiger partial charge < -0.3 is 15.1 Å². The van der Waals surface area contributed by atoms with Gasteiger partial charge in [0.2, 0.25) is 11.8 Å². The number of benzene rings is 2. The van der Waals surface area contributed by atoms with E-state index in [4.69, 9.17) is 11.6 Å². The molecule has 0 spiro atoms. The largest absolute Gasteiger partial charge is 0.378 e. The Morgan fingerprint density at radius 2 is 1.77 bits per heavy atom. The first-order chi connectivity index (χ1) is 12.3. The molecule has 0 fully saturated rings. The SMILES string of the molecule is CC(=O)N(CCc1cccc(Cl)c1)CC(=O)Nc1ccc(N(C)C)cc1. The molecule has 2 aromatic rings. The maximum atomic E-state index is 12.3. The Kier molecular flexibility index (Phi) is 7.04. The minimum absolute atomic E-state index is 0.0192. The lowest BCUT2D eigenvalue weighted by Crippen LogP contribution is -2.38. The van der Waals surface area contributed by atoms with Crippen LogP contribution in [0.2, 0.25) is 5.02 Å². The molecule has 6 heteroatoms. The number of nitrogens with zero attached hydrogens (tertiary/aromatic N) is 2. The maximum Gasteiger partial charge on any atom is 0.243 e. The highest BCUT2D eigenvalue weighted by Crippen LogP contribution is 2.16. The minimum Gasteiger partial charge on any atom is -0.378 e. The summed E-state index contributed by atoms with van der Waals surface area (Å²) in [4.78, 5) is 27.6. The van der Waals surface area contributed by atoms with E-state index in [1.807, 2.05) is 67.5 Å². The van der Waals surface area contributed by atoms with Crippen molar-refractivity contribution in [1.82, 2.24) is 4.90 Å². The molecule has 138 valence electrons. The Morgan fingerprint density at radius 1 is 1.08 bits per heavy atom. The molecule has 2 aromatic carbocycles. The van der Waals surface area contributed by atoms with Crippen LogP contribution in [0, 0.1) is 0 Å². The van der Waals surface area contributed by atoms with Crippen LogP contribution in [0.25, 0.3) is 0 Å². The molecule has 0 bridgehead atoms. The van der Waals surface area contributed by atoms with Crippen molar-refractivity contribution in [3.05, 3.63) is 59.1 Å². The summed E-state index contributed by atoms with van der Waals surface area (Å²) >= 11 is 5.98. The summed E-state index contributed by atoms with van der Waals surface area (Å²) in [6, 6.07) is 15.1. The van der Waals surface area contributed by atoms with E-state index in [1.54, 1.807) is 0 Å². The van der Waals surface area contributed by atoms with Crippen molar-refractivity contribution in [2.75, 3.05) is 37.4 Å². The monoisotopic (exact) mass is 373 g/mol. The number of rotatable bonds is 7. The molecular weight excluding hydrogens is 350 g/mol. The van der Waals surface area contributed by atoms with E-state index in [0.717, 1.165) is 11.3 Å². The van der Waals surface area contributed by atoms with Crippen molar-refractivity contribution in [3.8, 4) is 0 Å². The Morgan fingerprint density at radius 3 is 2.35 bits per heavy atom. The lowest BCUT2D eigenvalue weighted by molar-refractivity contribution is -0.132. The number of hydrogen-bond acceptors (Lipinski definition) is 3. The summed E-state index contributed by atoms with van der Waals surface area (Å²) in [5.74, 6) is -0.353. The molecular formula is C20H24ClN3O2. The fourth-order valence-corrected chi connectivity index (χ4v) is 2.73. The van der Waals surface area contributed by atoms with Gasteiger partial charge in [0.1, 0.15) is 0 Å². The maximum absolute atomic E-state index is 12.3. The molecule has 0 heterocycles. The number of halogens is 1. The lowest BCUT2D eigenvalue weighted by Gasteiger charge is -2.21. The number of carbonyl (C=O) groups excluding carboxylic acids is 2. The van der Waals surface area contributed by atoms with Gasteiger partial charge in [0, 0.05) is 44.0 Å². The van der Waals surface area contributed by atoms with Crippen molar-refractivity contribution >= 4 is 34.8 Å². The Balaban J connectivity index is 1.91. The Labute approximate surface area is 159 Å². The summed E-state index contributed by atoms with van der Waals surface area (Å²) < 4.78 is 0. The van der Waals surface area contributed by atoms with Crippen molar-refractivity contribution < 1.29 is 9.59 Å². The van der Waals surface area contributed by atoms with Crippen molar-refractivity contribution in [2.45, 2.75) is 13.3 Å². The second-order valence-corrected chi connectivity index (χ2v) is 6.75. The molecule has 0 unspecified atom stereocenters. The van der Waals surface area contributed by atoms with Crippen molar-refractivity contribution in [3.63, 3.8) is 0 Å². The summed E-state index contributed by atoms with van der Waals surface area (Å²) in [6.07, 6.45) is 0.644. The first kappa shape index (κ1) is 19.8. The number of carbonyl (C=O) groups is 2. The topological polar surface area (TPSA) is 52.7 Å². The molecule has 0 aliphatic rings. The number of amides is 2. The van der Waals surface area contributed by atoms with Gasteiger partial charge >= 0.3 is 0 Å². The molecule has 2 rings (SSSR count). The third-order valence-corrected chi connectivity index (χ3v) is 4.24. The Bertz CT molecular complexity index is 760.